The summed E-state index contributed by atoms with van der Waals surface area (Å²) in [5.41, 5.74) is 0. The minimum atomic E-state index is -0.573. The number of hydrogen-bond donors (Lipinski definition) is 1. The van der Waals surface area contributed by atoms with E-state index in [9.17, 15) is 5.11 Å². The second-order valence-electron chi connectivity index (χ2n) is 2.86. The molecule has 1 aromatic rings. The molecule has 1 N–H and O–H groups in total. The number of aliphatic hydroxyl groups excluding tert-OH is 1. The number of aromatic nitrogens is 2. The van der Waals surface area contributed by atoms with E-state index in [0.717, 1.165) is 0 Å². The van der Waals surface area contributed by atoms with E-state index >= 15 is 0 Å². The van der Waals surface area contributed by atoms with Gasteiger partial charge in [0.15, 0.2) is 0 Å². The molecule has 78 valence electrons. The first kappa shape index (κ1) is 11.7. The molecule has 6 heteroatoms. The monoisotopic (exact) mass is 280 g/mol. The third kappa shape index (κ3) is 3.08. The van der Waals surface area contributed by atoms with Crippen LogP contribution in [0.2, 0.25) is 5.28 Å². The van der Waals surface area contributed by atoms with Crippen molar-refractivity contribution in [2.45, 2.75) is 26.1 Å². The molecule has 0 bridgehead atoms. The van der Waals surface area contributed by atoms with Crippen LogP contribution >= 0.6 is 27.5 Å². The minimum absolute atomic E-state index is 0.112. The average Bonchev–Trinajstić information content (AvgIpc) is 2.11. The number of rotatable bonds is 3. The summed E-state index contributed by atoms with van der Waals surface area (Å²) in [7, 11) is 0. The van der Waals surface area contributed by atoms with E-state index in [0.29, 0.717) is 10.4 Å². The van der Waals surface area contributed by atoms with Crippen molar-refractivity contribution >= 4 is 27.5 Å². The van der Waals surface area contributed by atoms with E-state index in [4.69, 9.17) is 16.3 Å². The predicted molar refractivity (Wildman–Crippen MR) is 56.5 cm³/mol. The Bertz CT molecular complexity index is 322. The highest BCUT2D eigenvalue weighted by Crippen LogP contribution is 2.23. The Labute approximate surface area is 95.4 Å². The molecule has 0 aliphatic carbocycles. The molecule has 0 radical (unpaired) electrons. The molecule has 0 saturated heterocycles. The highest BCUT2D eigenvalue weighted by Gasteiger charge is 2.13. The fourth-order valence-electron chi connectivity index (χ4n) is 0.688. The van der Waals surface area contributed by atoms with Crippen LogP contribution in [0.15, 0.2) is 10.7 Å². The van der Waals surface area contributed by atoms with E-state index in [-0.39, 0.29) is 11.4 Å². The summed E-state index contributed by atoms with van der Waals surface area (Å²) in [5, 5.41) is 9.34. The predicted octanol–water partition coefficient (Wildman–Crippen LogP) is 2.04. The molecule has 14 heavy (non-hydrogen) atoms. The molecule has 1 rings (SSSR count). The van der Waals surface area contributed by atoms with Crippen molar-refractivity contribution in [1.82, 2.24) is 9.97 Å². The van der Waals surface area contributed by atoms with Gasteiger partial charge in [-0.2, -0.15) is 4.98 Å². The van der Waals surface area contributed by atoms with Gasteiger partial charge in [-0.05, 0) is 41.4 Å². The van der Waals surface area contributed by atoms with Gasteiger partial charge in [-0.1, -0.05) is 0 Å². The van der Waals surface area contributed by atoms with Gasteiger partial charge in [-0.25, -0.2) is 4.98 Å². The Morgan fingerprint density at radius 2 is 2.21 bits per heavy atom. The zero-order chi connectivity index (χ0) is 10.7. The van der Waals surface area contributed by atoms with Gasteiger partial charge in [0.05, 0.1) is 10.6 Å². The third-order valence-corrected chi connectivity index (χ3v) is 2.39. The Morgan fingerprint density at radius 3 is 2.79 bits per heavy atom. The normalized spacial score (nSPS) is 14.9. The first-order chi connectivity index (χ1) is 6.50. The molecule has 2 atom stereocenters. The summed E-state index contributed by atoms with van der Waals surface area (Å²) in [6.07, 6.45) is 0.576. The third-order valence-electron chi connectivity index (χ3n) is 1.66. The van der Waals surface area contributed by atoms with Crippen molar-refractivity contribution in [3.05, 3.63) is 16.0 Å². The lowest BCUT2D eigenvalue weighted by atomic mass is 10.3. The molecule has 0 aliphatic heterocycles. The van der Waals surface area contributed by atoms with E-state index in [1.807, 2.05) is 0 Å². The van der Waals surface area contributed by atoms with Crippen molar-refractivity contribution in [2.24, 2.45) is 0 Å². The van der Waals surface area contributed by atoms with Gasteiger partial charge in [0.1, 0.15) is 6.10 Å². The summed E-state index contributed by atoms with van der Waals surface area (Å²) in [6.45, 7) is 3.38. The Hall–Kier alpha value is -0.390. The average molecular weight is 282 g/mol. The number of nitrogens with zero attached hydrogens (tertiary/aromatic N) is 2. The van der Waals surface area contributed by atoms with Crippen molar-refractivity contribution in [1.29, 1.82) is 0 Å². The highest BCUT2D eigenvalue weighted by atomic mass is 79.9. The van der Waals surface area contributed by atoms with Gasteiger partial charge >= 0.3 is 0 Å². The summed E-state index contributed by atoms with van der Waals surface area (Å²) >= 11 is 8.81. The summed E-state index contributed by atoms with van der Waals surface area (Å²) in [5.74, 6) is 0.332. The maximum atomic E-state index is 9.23. The zero-order valence-corrected chi connectivity index (χ0v) is 10.1. The van der Waals surface area contributed by atoms with Crippen LogP contribution in [0.25, 0.3) is 0 Å². The molecular weight excluding hydrogens is 271 g/mol. The van der Waals surface area contributed by atoms with Gasteiger partial charge in [0.25, 0.3) is 0 Å². The van der Waals surface area contributed by atoms with Crippen LogP contribution < -0.4 is 4.74 Å². The second kappa shape index (κ2) is 4.91. The largest absolute Gasteiger partial charge is 0.471 e. The lowest BCUT2D eigenvalue weighted by molar-refractivity contribution is 0.0568. The molecule has 0 aliphatic rings. The van der Waals surface area contributed by atoms with Crippen molar-refractivity contribution in [3.63, 3.8) is 0 Å². The Kier molecular flexibility index (Phi) is 4.10. The Morgan fingerprint density at radius 1 is 1.57 bits per heavy atom. The van der Waals surface area contributed by atoms with Gasteiger partial charge in [0.2, 0.25) is 11.2 Å². The molecular formula is C8H10BrClN2O2. The highest BCUT2D eigenvalue weighted by molar-refractivity contribution is 9.10. The van der Waals surface area contributed by atoms with Crippen molar-refractivity contribution < 1.29 is 9.84 Å². The maximum Gasteiger partial charge on any atom is 0.232 e. The second-order valence-corrected chi connectivity index (χ2v) is 4.05. The molecule has 0 aromatic carbocycles. The number of halogens is 2. The number of aliphatic hydroxyl groups is 1. The lowest BCUT2D eigenvalue weighted by Gasteiger charge is -2.16. The van der Waals surface area contributed by atoms with Crippen LogP contribution in [0.3, 0.4) is 0 Å². The van der Waals surface area contributed by atoms with Gasteiger partial charge in [-0.3, -0.25) is 0 Å². The molecule has 0 spiro atoms. The summed E-state index contributed by atoms with van der Waals surface area (Å²) in [4.78, 5) is 7.63. The van der Waals surface area contributed by atoms with Crippen molar-refractivity contribution in [2.75, 3.05) is 0 Å². The zero-order valence-electron chi connectivity index (χ0n) is 7.74. The molecule has 0 amide bonds. The van der Waals surface area contributed by atoms with E-state index in [1.54, 1.807) is 13.8 Å². The van der Waals surface area contributed by atoms with Gasteiger partial charge < -0.3 is 9.84 Å². The number of ether oxygens (including phenoxy) is 1. The maximum absolute atomic E-state index is 9.23. The van der Waals surface area contributed by atoms with Crippen LogP contribution in [0.5, 0.6) is 5.88 Å². The quantitative estimate of drug-likeness (QED) is 0.862. The first-order valence-corrected chi connectivity index (χ1v) is 5.20. The Balaban J connectivity index is 2.80. The molecule has 1 aromatic heterocycles. The number of hydrogen-bond acceptors (Lipinski definition) is 4. The molecule has 4 nitrogen and oxygen atoms in total. The van der Waals surface area contributed by atoms with E-state index < -0.39 is 6.10 Å². The fraction of sp³-hybridized carbons (Fsp3) is 0.500. The van der Waals surface area contributed by atoms with Crippen LogP contribution in [0.1, 0.15) is 13.8 Å². The van der Waals surface area contributed by atoms with E-state index in [2.05, 4.69) is 25.9 Å². The molecule has 1 unspecified atom stereocenters. The lowest BCUT2D eigenvalue weighted by Crippen LogP contribution is -2.26. The van der Waals surface area contributed by atoms with Gasteiger partial charge in [0, 0.05) is 6.20 Å². The first-order valence-electron chi connectivity index (χ1n) is 4.03. The topological polar surface area (TPSA) is 55.2 Å². The molecule has 1 heterocycles. The SMILES string of the molecule is CC(O)[C@@H](C)Oc1nc(Cl)ncc1Br. The summed E-state index contributed by atoms with van der Waals surface area (Å²) in [6, 6.07) is 0. The molecule has 0 saturated carbocycles. The standard InChI is InChI=1S/C8H10BrClN2O2/c1-4(13)5(2)14-7-6(9)3-11-8(10)12-7/h3-5,13H,1-2H3/t4?,5-/m1/s1. The van der Waals surface area contributed by atoms with Crippen LogP contribution in [-0.2, 0) is 0 Å². The van der Waals surface area contributed by atoms with Crippen LogP contribution in [-0.4, -0.2) is 27.3 Å². The summed E-state index contributed by atoms with van der Waals surface area (Å²) < 4.78 is 5.96. The fourth-order valence-corrected chi connectivity index (χ4v) is 1.10. The van der Waals surface area contributed by atoms with Crippen molar-refractivity contribution in [3.8, 4) is 5.88 Å². The molecule has 0 fully saturated rings. The smallest absolute Gasteiger partial charge is 0.232 e. The van der Waals surface area contributed by atoms with Gasteiger partial charge in [-0.15, -0.1) is 0 Å². The minimum Gasteiger partial charge on any atom is -0.471 e. The van der Waals surface area contributed by atoms with Crippen LogP contribution in [0, 0.1) is 0 Å². The van der Waals surface area contributed by atoms with E-state index in [1.165, 1.54) is 6.20 Å². The van der Waals surface area contributed by atoms with Crippen LogP contribution in [0.4, 0.5) is 0 Å².